The lowest BCUT2D eigenvalue weighted by atomic mass is 10.1. The number of carbonyl (C=O) groups excluding carboxylic acids is 3. The topological polar surface area (TPSA) is 113 Å². The molecule has 0 spiro atoms. The summed E-state index contributed by atoms with van der Waals surface area (Å²) in [6.07, 6.45) is 0.834. The Hall–Kier alpha value is -2.99. The highest BCUT2D eigenvalue weighted by Gasteiger charge is 2.34. The van der Waals surface area contributed by atoms with Crippen LogP contribution in [0.15, 0.2) is 58.8 Å². The molecule has 0 radical (unpaired) electrons. The Morgan fingerprint density at radius 2 is 1.95 bits per heavy atom. The monoisotopic (exact) mass is 577 g/mol. The fourth-order valence-corrected chi connectivity index (χ4v) is 7.14. The number of hydrogen-bond acceptors (Lipinski definition) is 7. The molecule has 9 nitrogen and oxygen atoms in total. The molecule has 0 aliphatic carbocycles. The van der Waals surface area contributed by atoms with Crippen LogP contribution in [0.4, 0.5) is 0 Å². The SMILES string of the molecule is CCOC(=O)CN(Cc1ccccc1)C(=O)CN1CCC[C@H](NS(=O)(=O)c2cc3ccc(Cl)cc3s2)C1=O. The maximum Gasteiger partial charge on any atom is 0.325 e. The molecular weight excluding hydrogens is 550 g/mol. The Bertz CT molecular complexity index is 1430. The van der Waals surface area contributed by atoms with Crippen LogP contribution in [0, 0.1) is 0 Å². The molecule has 2 amide bonds. The van der Waals surface area contributed by atoms with Crippen LogP contribution in [0.3, 0.4) is 0 Å². The summed E-state index contributed by atoms with van der Waals surface area (Å²) >= 11 is 7.09. The molecule has 38 heavy (non-hydrogen) atoms. The molecule has 1 saturated heterocycles. The molecule has 2 aromatic carbocycles. The summed E-state index contributed by atoms with van der Waals surface area (Å²) < 4.78 is 34.5. The Morgan fingerprint density at radius 1 is 1.18 bits per heavy atom. The van der Waals surface area contributed by atoms with Crippen molar-refractivity contribution in [2.45, 2.75) is 36.6 Å². The van der Waals surface area contributed by atoms with Crippen molar-refractivity contribution in [2.75, 3.05) is 26.2 Å². The summed E-state index contributed by atoms with van der Waals surface area (Å²) in [6, 6.07) is 14.9. The van der Waals surface area contributed by atoms with E-state index in [1.54, 1.807) is 31.2 Å². The Labute approximate surface area is 230 Å². The van der Waals surface area contributed by atoms with E-state index in [9.17, 15) is 22.8 Å². The largest absolute Gasteiger partial charge is 0.465 e. The molecule has 3 aromatic rings. The fraction of sp³-hybridized carbons (Fsp3) is 0.346. The number of amides is 2. The minimum atomic E-state index is -3.98. The third kappa shape index (κ3) is 6.90. The summed E-state index contributed by atoms with van der Waals surface area (Å²) in [5, 5.41) is 1.24. The number of sulfonamides is 1. The number of nitrogens with one attached hydrogen (secondary N) is 1. The number of halogens is 1. The molecule has 1 aliphatic heterocycles. The van der Waals surface area contributed by atoms with Crippen molar-refractivity contribution < 1.29 is 27.5 Å². The summed E-state index contributed by atoms with van der Waals surface area (Å²) in [5.41, 5.74) is 0.824. The van der Waals surface area contributed by atoms with Crippen LogP contribution in [0.25, 0.3) is 10.1 Å². The third-order valence-corrected chi connectivity index (χ3v) is 9.35. The second-order valence-corrected chi connectivity index (χ2v) is 12.3. The molecule has 0 unspecified atom stereocenters. The number of thiophene rings is 1. The fourth-order valence-electron chi connectivity index (χ4n) is 4.23. The van der Waals surface area contributed by atoms with Crippen LogP contribution in [0.5, 0.6) is 0 Å². The van der Waals surface area contributed by atoms with E-state index >= 15 is 0 Å². The number of hydrogen-bond donors (Lipinski definition) is 1. The molecule has 0 bridgehead atoms. The molecule has 2 heterocycles. The van der Waals surface area contributed by atoms with Gasteiger partial charge in [0.25, 0.3) is 10.0 Å². The molecule has 12 heteroatoms. The predicted molar refractivity (Wildman–Crippen MR) is 145 cm³/mol. The molecule has 1 atom stereocenters. The zero-order chi connectivity index (χ0) is 27.3. The van der Waals surface area contributed by atoms with E-state index in [2.05, 4.69) is 4.72 Å². The van der Waals surface area contributed by atoms with Crippen LogP contribution in [0.2, 0.25) is 5.02 Å². The van der Waals surface area contributed by atoms with Gasteiger partial charge in [-0.3, -0.25) is 14.4 Å². The van der Waals surface area contributed by atoms with Gasteiger partial charge in [-0.1, -0.05) is 48.0 Å². The minimum absolute atomic E-state index is 0.0826. The second-order valence-electron chi connectivity index (χ2n) is 8.86. The highest BCUT2D eigenvalue weighted by molar-refractivity contribution is 7.91. The van der Waals surface area contributed by atoms with E-state index in [0.717, 1.165) is 27.0 Å². The van der Waals surface area contributed by atoms with Gasteiger partial charge >= 0.3 is 5.97 Å². The van der Waals surface area contributed by atoms with Gasteiger partial charge in [0, 0.05) is 22.8 Å². The Kier molecular flexibility index (Phi) is 9.03. The number of likely N-dealkylation sites (tertiary alicyclic amines) is 1. The van der Waals surface area contributed by atoms with Crippen molar-refractivity contribution in [3.63, 3.8) is 0 Å². The minimum Gasteiger partial charge on any atom is -0.465 e. The van der Waals surface area contributed by atoms with Crippen LogP contribution in [-0.2, 0) is 35.7 Å². The number of benzene rings is 2. The number of piperidine rings is 1. The number of fused-ring (bicyclic) bond motifs is 1. The first kappa shape index (κ1) is 28.0. The molecule has 1 aromatic heterocycles. The van der Waals surface area contributed by atoms with Gasteiger partial charge in [0.05, 0.1) is 13.2 Å². The number of rotatable bonds is 10. The van der Waals surface area contributed by atoms with Gasteiger partial charge in [0.2, 0.25) is 11.8 Å². The lowest BCUT2D eigenvalue weighted by Crippen LogP contribution is -2.54. The van der Waals surface area contributed by atoms with E-state index < -0.39 is 33.8 Å². The van der Waals surface area contributed by atoms with Crippen molar-refractivity contribution in [1.82, 2.24) is 14.5 Å². The summed E-state index contributed by atoms with van der Waals surface area (Å²) in [7, 11) is -3.98. The predicted octanol–water partition coefficient (Wildman–Crippen LogP) is 3.42. The van der Waals surface area contributed by atoms with Gasteiger partial charge in [-0.15, -0.1) is 11.3 Å². The van der Waals surface area contributed by atoms with E-state index in [4.69, 9.17) is 16.3 Å². The van der Waals surface area contributed by atoms with Gasteiger partial charge in [-0.2, -0.15) is 4.72 Å². The lowest BCUT2D eigenvalue weighted by Gasteiger charge is -2.33. The van der Waals surface area contributed by atoms with E-state index in [1.165, 1.54) is 9.80 Å². The highest BCUT2D eigenvalue weighted by Crippen LogP contribution is 2.31. The maximum atomic E-state index is 13.2. The van der Waals surface area contributed by atoms with Gasteiger partial charge in [0.15, 0.2) is 0 Å². The normalized spacial score (nSPS) is 16.0. The summed E-state index contributed by atoms with van der Waals surface area (Å²) in [4.78, 5) is 41.3. The van der Waals surface area contributed by atoms with Crippen molar-refractivity contribution in [2.24, 2.45) is 0 Å². The molecule has 0 saturated carbocycles. The van der Waals surface area contributed by atoms with Crippen LogP contribution >= 0.6 is 22.9 Å². The van der Waals surface area contributed by atoms with Crippen molar-refractivity contribution >= 4 is 60.8 Å². The van der Waals surface area contributed by atoms with Gasteiger partial charge in [-0.05, 0) is 48.9 Å². The number of nitrogens with zero attached hydrogens (tertiary/aromatic N) is 2. The number of esters is 1. The molecule has 4 rings (SSSR count). The Balaban J connectivity index is 1.45. The highest BCUT2D eigenvalue weighted by atomic mass is 35.5. The zero-order valence-electron chi connectivity index (χ0n) is 20.8. The quantitative estimate of drug-likeness (QED) is 0.370. The summed E-state index contributed by atoms with van der Waals surface area (Å²) in [6.45, 7) is 1.82. The zero-order valence-corrected chi connectivity index (χ0v) is 23.2. The first-order valence-electron chi connectivity index (χ1n) is 12.1. The van der Waals surface area contributed by atoms with E-state index in [0.29, 0.717) is 24.4 Å². The lowest BCUT2D eigenvalue weighted by molar-refractivity contribution is -0.151. The van der Waals surface area contributed by atoms with Gasteiger partial charge in [0.1, 0.15) is 16.8 Å². The third-order valence-electron chi connectivity index (χ3n) is 6.07. The van der Waals surface area contributed by atoms with Crippen LogP contribution < -0.4 is 4.72 Å². The maximum absolute atomic E-state index is 13.2. The second kappa shape index (κ2) is 12.2. The first-order valence-corrected chi connectivity index (χ1v) is 14.8. The Morgan fingerprint density at radius 3 is 2.68 bits per heavy atom. The average Bonchev–Trinajstić information content (AvgIpc) is 3.31. The molecule has 1 aliphatic rings. The standard InChI is InChI=1S/C26H28ClN3O6S2/c1-2-36-24(32)17-30(15-18-7-4-3-5-8-18)23(31)16-29-12-6-9-21(26(29)33)28-38(34,35)25-13-19-10-11-20(27)14-22(19)37-25/h3-5,7-8,10-11,13-14,21,28H,2,6,9,12,15-17H2,1H3/t21-/m0/s1. The van der Waals surface area contributed by atoms with Crippen LogP contribution in [-0.4, -0.2) is 68.3 Å². The van der Waals surface area contributed by atoms with Gasteiger partial charge in [-0.25, -0.2) is 8.42 Å². The molecular formula is C26H28ClN3O6S2. The first-order chi connectivity index (χ1) is 18.2. The van der Waals surface area contributed by atoms with Crippen molar-refractivity contribution in [1.29, 1.82) is 0 Å². The number of ether oxygens (including phenoxy) is 1. The van der Waals surface area contributed by atoms with Crippen LogP contribution in [0.1, 0.15) is 25.3 Å². The van der Waals surface area contributed by atoms with Crippen molar-refractivity contribution in [3.05, 3.63) is 65.2 Å². The smallest absolute Gasteiger partial charge is 0.325 e. The molecule has 1 fully saturated rings. The van der Waals surface area contributed by atoms with E-state index in [-0.39, 0.29) is 30.5 Å². The average molecular weight is 578 g/mol. The summed E-state index contributed by atoms with van der Waals surface area (Å²) in [5.74, 6) is -1.45. The molecule has 202 valence electrons. The van der Waals surface area contributed by atoms with Crippen molar-refractivity contribution in [3.8, 4) is 0 Å². The number of carbonyl (C=O) groups is 3. The van der Waals surface area contributed by atoms with E-state index in [1.807, 2.05) is 30.3 Å². The molecule has 1 N–H and O–H groups in total. The van der Waals surface area contributed by atoms with Gasteiger partial charge < -0.3 is 14.5 Å².